The summed E-state index contributed by atoms with van der Waals surface area (Å²) >= 11 is 0. The third-order valence-electron chi connectivity index (χ3n) is 3.75. The molecule has 5 nitrogen and oxygen atoms in total. The Morgan fingerprint density at radius 1 is 1.23 bits per heavy atom. The number of hydrogen-bond donors (Lipinski definition) is 2. The van der Waals surface area contributed by atoms with E-state index in [-0.39, 0.29) is 23.4 Å². The van der Waals surface area contributed by atoms with Gasteiger partial charge in [0, 0.05) is 23.7 Å². The van der Waals surface area contributed by atoms with Gasteiger partial charge in [-0.25, -0.2) is 4.79 Å². The number of Topliss-reactive ketones (excluding diaryl/α,β-unsaturated/α-hetero) is 1. The van der Waals surface area contributed by atoms with Crippen molar-refractivity contribution in [1.82, 2.24) is 4.57 Å². The van der Waals surface area contributed by atoms with Crippen LogP contribution in [-0.4, -0.2) is 33.1 Å². The van der Waals surface area contributed by atoms with Gasteiger partial charge in [-0.3, -0.25) is 4.79 Å². The van der Waals surface area contributed by atoms with E-state index in [0.717, 1.165) is 11.1 Å². The number of aliphatic hydroxyl groups is 1. The standard InChI is InChI=1S/C17H21NO4/c1-10(20)13-9-18(5-6-19)15-12(13)7-11(16(21)22)8-14(15)17(2,3)4/h7-9,19H,5-6H2,1-4H3,(H,21,22). The van der Waals surface area contributed by atoms with Crippen LogP contribution in [0.5, 0.6) is 0 Å². The molecule has 0 bridgehead atoms. The number of benzene rings is 1. The zero-order valence-electron chi connectivity index (χ0n) is 13.3. The Morgan fingerprint density at radius 3 is 2.32 bits per heavy atom. The average molecular weight is 303 g/mol. The number of hydrogen-bond acceptors (Lipinski definition) is 3. The van der Waals surface area contributed by atoms with Crippen molar-refractivity contribution < 1.29 is 19.8 Å². The number of fused-ring (bicyclic) bond motifs is 1. The van der Waals surface area contributed by atoms with Crippen molar-refractivity contribution in [3.8, 4) is 0 Å². The average Bonchev–Trinajstić information content (AvgIpc) is 2.76. The van der Waals surface area contributed by atoms with Crippen LogP contribution < -0.4 is 0 Å². The molecule has 22 heavy (non-hydrogen) atoms. The zero-order chi connectivity index (χ0) is 16.7. The molecule has 5 heteroatoms. The smallest absolute Gasteiger partial charge is 0.335 e. The molecular weight excluding hydrogens is 282 g/mol. The van der Waals surface area contributed by atoms with Crippen molar-refractivity contribution in [1.29, 1.82) is 0 Å². The van der Waals surface area contributed by atoms with E-state index in [0.29, 0.717) is 17.5 Å². The molecule has 0 unspecified atom stereocenters. The molecule has 2 rings (SSSR count). The lowest BCUT2D eigenvalue weighted by molar-refractivity contribution is 0.0696. The van der Waals surface area contributed by atoms with Crippen molar-refractivity contribution in [2.75, 3.05) is 6.61 Å². The van der Waals surface area contributed by atoms with Crippen molar-refractivity contribution in [3.05, 3.63) is 35.0 Å². The van der Waals surface area contributed by atoms with Crippen molar-refractivity contribution in [2.45, 2.75) is 39.7 Å². The van der Waals surface area contributed by atoms with Crippen LogP contribution in [0.25, 0.3) is 10.9 Å². The summed E-state index contributed by atoms with van der Waals surface area (Å²) in [5.41, 5.74) is 2.03. The third-order valence-corrected chi connectivity index (χ3v) is 3.75. The first-order chi connectivity index (χ1) is 10.2. The highest BCUT2D eigenvalue weighted by atomic mass is 16.4. The zero-order valence-corrected chi connectivity index (χ0v) is 13.3. The predicted molar refractivity (Wildman–Crippen MR) is 84.7 cm³/mol. The van der Waals surface area contributed by atoms with Gasteiger partial charge in [0.2, 0.25) is 0 Å². The van der Waals surface area contributed by atoms with Gasteiger partial charge in [0.25, 0.3) is 0 Å². The summed E-state index contributed by atoms with van der Waals surface area (Å²) in [7, 11) is 0. The highest BCUT2D eigenvalue weighted by Crippen LogP contribution is 2.34. The quantitative estimate of drug-likeness (QED) is 0.851. The molecule has 0 fully saturated rings. The molecule has 1 heterocycles. The van der Waals surface area contributed by atoms with E-state index >= 15 is 0 Å². The van der Waals surface area contributed by atoms with Gasteiger partial charge in [0.1, 0.15) is 0 Å². The molecular formula is C17H21NO4. The molecule has 0 spiro atoms. The molecule has 0 aliphatic rings. The number of aromatic nitrogens is 1. The van der Waals surface area contributed by atoms with Crippen LogP contribution in [0.4, 0.5) is 0 Å². The lowest BCUT2D eigenvalue weighted by Gasteiger charge is -2.22. The first-order valence-corrected chi connectivity index (χ1v) is 7.19. The summed E-state index contributed by atoms with van der Waals surface area (Å²) in [5.74, 6) is -1.14. The van der Waals surface area contributed by atoms with Crippen LogP contribution in [0.1, 0.15) is 54.0 Å². The van der Waals surface area contributed by atoms with Gasteiger partial charge in [-0.05, 0) is 30.0 Å². The maximum absolute atomic E-state index is 11.9. The molecule has 0 saturated carbocycles. The Morgan fingerprint density at radius 2 is 1.86 bits per heavy atom. The first kappa shape index (κ1) is 16.2. The molecule has 0 amide bonds. The van der Waals surface area contributed by atoms with E-state index in [9.17, 15) is 19.8 Å². The van der Waals surface area contributed by atoms with Crippen LogP contribution in [0.3, 0.4) is 0 Å². The van der Waals surface area contributed by atoms with Crippen LogP contribution in [0.15, 0.2) is 18.3 Å². The van der Waals surface area contributed by atoms with Crippen LogP contribution in [-0.2, 0) is 12.0 Å². The minimum absolute atomic E-state index is 0.0502. The monoisotopic (exact) mass is 303 g/mol. The largest absolute Gasteiger partial charge is 0.478 e. The molecule has 1 aromatic heterocycles. The first-order valence-electron chi connectivity index (χ1n) is 7.19. The number of carbonyl (C=O) groups excluding carboxylic acids is 1. The van der Waals surface area contributed by atoms with Crippen LogP contribution >= 0.6 is 0 Å². The molecule has 118 valence electrons. The van der Waals surface area contributed by atoms with E-state index in [1.54, 1.807) is 12.3 Å². The van der Waals surface area contributed by atoms with E-state index in [2.05, 4.69) is 0 Å². The minimum atomic E-state index is -1.02. The lowest BCUT2D eigenvalue weighted by atomic mass is 9.84. The topological polar surface area (TPSA) is 79.5 Å². The van der Waals surface area contributed by atoms with Gasteiger partial charge in [-0.15, -0.1) is 0 Å². The highest BCUT2D eigenvalue weighted by Gasteiger charge is 2.24. The maximum atomic E-state index is 11.9. The van der Waals surface area contributed by atoms with E-state index < -0.39 is 5.97 Å². The molecule has 0 aliphatic heterocycles. The summed E-state index contributed by atoms with van der Waals surface area (Å²) in [4.78, 5) is 23.3. The summed E-state index contributed by atoms with van der Waals surface area (Å²) in [6.07, 6.45) is 1.70. The second kappa shape index (κ2) is 5.57. The fourth-order valence-electron chi connectivity index (χ4n) is 2.70. The number of carboxylic acid groups (broad SMARTS) is 1. The Labute approximate surface area is 129 Å². The fourth-order valence-corrected chi connectivity index (χ4v) is 2.70. The number of ketones is 1. The Bertz CT molecular complexity index is 750. The number of rotatable bonds is 4. The van der Waals surface area contributed by atoms with E-state index in [1.165, 1.54) is 13.0 Å². The van der Waals surface area contributed by atoms with E-state index in [4.69, 9.17) is 0 Å². The number of aromatic carboxylic acids is 1. The molecule has 1 aromatic carbocycles. The molecule has 2 aromatic rings. The molecule has 0 saturated heterocycles. The predicted octanol–water partition coefficient (Wildman–Crippen LogP) is 2.83. The summed E-state index contributed by atoms with van der Waals surface area (Å²) in [5, 5.41) is 19.2. The van der Waals surface area contributed by atoms with Gasteiger partial charge in [0.05, 0.1) is 17.7 Å². The second-order valence-electron chi connectivity index (χ2n) is 6.49. The van der Waals surface area contributed by atoms with Crippen LogP contribution in [0.2, 0.25) is 0 Å². The molecule has 2 N–H and O–H groups in total. The minimum Gasteiger partial charge on any atom is -0.478 e. The third kappa shape index (κ3) is 2.76. The number of aliphatic hydroxyl groups excluding tert-OH is 1. The van der Waals surface area contributed by atoms with Crippen molar-refractivity contribution in [2.24, 2.45) is 0 Å². The normalized spacial score (nSPS) is 11.9. The van der Waals surface area contributed by atoms with Crippen molar-refractivity contribution >= 4 is 22.7 Å². The lowest BCUT2D eigenvalue weighted by Crippen LogP contribution is -2.15. The van der Waals surface area contributed by atoms with E-state index in [1.807, 2.05) is 25.3 Å². The van der Waals surface area contributed by atoms with Gasteiger partial charge in [0.15, 0.2) is 5.78 Å². The SMILES string of the molecule is CC(=O)c1cn(CCO)c2c(C(C)(C)C)cc(C(=O)O)cc12. The highest BCUT2D eigenvalue weighted by molar-refractivity contribution is 6.09. The Kier molecular flexibility index (Phi) is 4.11. The van der Waals surface area contributed by atoms with Gasteiger partial charge < -0.3 is 14.8 Å². The van der Waals surface area contributed by atoms with Gasteiger partial charge >= 0.3 is 5.97 Å². The summed E-state index contributed by atoms with van der Waals surface area (Å²) in [6, 6.07) is 3.19. The number of carbonyl (C=O) groups is 2. The summed E-state index contributed by atoms with van der Waals surface area (Å²) in [6.45, 7) is 7.76. The number of nitrogens with zero attached hydrogens (tertiary/aromatic N) is 1. The fraction of sp³-hybridized carbons (Fsp3) is 0.412. The maximum Gasteiger partial charge on any atom is 0.335 e. The van der Waals surface area contributed by atoms with Gasteiger partial charge in [-0.1, -0.05) is 20.8 Å². The van der Waals surface area contributed by atoms with Crippen LogP contribution in [0, 0.1) is 0 Å². The molecule has 0 aliphatic carbocycles. The number of carboxylic acids is 1. The molecule has 0 radical (unpaired) electrons. The second-order valence-corrected chi connectivity index (χ2v) is 6.49. The molecule has 0 atom stereocenters. The Hall–Kier alpha value is -2.14. The van der Waals surface area contributed by atoms with Gasteiger partial charge in [-0.2, -0.15) is 0 Å². The van der Waals surface area contributed by atoms with Crippen molar-refractivity contribution in [3.63, 3.8) is 0 Å². The summed E-state index contributed by atoms with van der Waals surface area (Å²) < 4.78 is 1.83. The Balaban J connectivity index is 2.95.